The van der Waals surface area contributed by atoms with E-state index < -0.39 is 0 Å². The van der Waals surface area contributed by atoms with Crippen molar-refractivity contribution in [2.75, 3.05) is 0 Å². The largest absolute Gasteiger partial charge is 0.268 e. The molecule has 0 amide bonds. The molecular weight excluding hydrogens is 331 g/mol. The fraction of sp³-hybridized carbons (Fsp3) is 0.0667. The highest BCUT2D eigenvalue weighted by molar-refractivity contribution is 6.42. The second kappa shape index (κ2) is 5.34. The second-order valence-corrected chi connectivity index (χ2v) is 5.81. The van der Waals surface area contributed by atoms with Gasteiger partial charge in [0.15, 0.2) is 0 Å². The fourth-order valence-corrected chi connectivity index (χ4v) is 2.66. The number of hydrogen-bond donors (Lipinski definition) is 0. The molecular formula is C15H9Cl3N2O. The minimum Gasteiger partial charge on any atom is -0.268 e. The van der Waals surface area contributed by atoms with E-state index in [1.54, 1.807) is 43.3 Å². The predicted molar refractivity (Wildman–Crippen MR) is 87.1 cm³/mol. The van der Waals surface area contributed by atoms with Gasteiger partial charge in [0.1, 0.15) is 5.82 Å². The Hall–Kier alpha value is -1.55. The maximum absolute atomic E-state index is 12.7. The van der Waals surface area contributed by atoms with Crippen LogP contribution >= 0.6 is 34.8 Å². The number of hydrogen-bond acceptors (Lipinski definition) is 2. The van der Waals surface area contributed by atoms with E-state index in [1.807, 2.05) is 0 Å². The van der Waals surface area contributed by atoms with Crippen molar-refractivity contribution in [3.63, 3.8) is 0 Å². The number of rotatable bonds is 1. The number of aromatic nitrogens is 2. The summed E-state index contributed by atoms with van der Waals surface area (Å²) in [4.78, 5) is 17.1. The number of aryl methyl sites for hydroxylation is 1. The molecule has 0 aliphatic carbocycles. The van der Waals surface area contributed by atoms with Crippen molar-refractivity contribution in [2.45, 2.75) is 6.92 Å². The van der Waals surface area contributed by atoms with Crippen LogP contribution in [0.25, 0.3) is 16.6 Å². The molecule has 0 radical (unpaired) electrons. The van der Waals surface area contributed by atoms with Crippen LogP contribution in [0.15, 0.2) is 41.2 Å². The maximum Gasteiger partial charge on any atom is 0.266 e. The van der Waals surface area contributed by atoms with E-state index in [1.165, 1.54) is 4.57 Å². The highest BCUT2D eigenvalue weighted by Crippen LogP contribution is 2.25. The van der Waals surface area contributed by atoms with Crippen LogP contribution in [-0.4, -0.2) is 9.55 Å². The first kappa shape index (κ1) is 14.4. The van der Waals surface area contributed by atoms with Gasteiger partial charge in [-0.05, 0) is 43.3 Å². The molecule has 0 N–H and O–H groups in total. The highest BCUT2D eigenvalue weighted by atomic mass is 35.5. The van der Waals surface area contributed by atoms with E-state index in [-0.39, 0.29) is 5.56 Å². The minimum atomic E-state index is -0.196. The molecule has 3 rings (SSSR count). The molecule has 0 bridgehead atoms. The Bertz CT molecular complexity index is 919. The standard InChI is InChI=1S/C15H9Cl3N2O/c1-8-19-14-5-2-9(16)6-11(14)15(21)20(8)10-3-4-12(17)13(18)7-10/h2-7H,1H3. The van der Waals surface area contributed by atoms with Crippen molar-refractivity contribution in [3.05, 3.63) is 67.6 Å². The number of nitrogens with zero attached hydrogens (tertiary/aromatic N) is 2. The summed E-state index contributed by atoms with van der Waals surface area (Å²) < 4.78 is 1.49. The summed E-state index contributed by atoms with van der Waals surface area (Å²) in [7, 11) is 0. The van der Waals surface area contributed by atoms with E-state index in [0.717, 1.165) is 0 Å². The third-order valence-electron chi connectivity index (χ3n) is 3.16. The van der Waals surface area contributed by atoms with Gasteiger partial charge in [0.25, 0.3) is 5.56 Å². The van der Waals surface area contributed by atoms with Gasteiger partial charge in [0, 0.05) is 5.02 Å². The van der Waals surface area contributed by atoms with E-state index in [2.05, 4.69) is 4.98 Å². The molecule has 21 heavy (non-hydrogen) atoms. The molecule has 0 saturated carbocycles. The predicted octanol–water partition coefficient (Wildman–Crippen LogP) is 4.65. The smallest absolute Gasteiger partial charge is 0.266 e. The van der Waals surface area contributed by atoms with Gasteiger partial charge in [-0.1, -0.05) is 34.8 Å². The third-order valence-corrected chi connectivity index (χ3v) is 4.13. The Morgan fingerprint density at radius 1 is 1.00 bits per heavy atom. The molecule has 6 heteroatoms. The Balaban J connectivity index is 2.36. The summed E-state index contributed by atoms with van der Waals surface area (Å²) in [5.41, 5.74) is 1.03. The van der Waals surface area contributed by atoms with Crippen LogP contribution in [0.2, 0.25) is 15.1 Å². The number of fused-ring (bicyclic) bond motifs is 1. The zero-order chi connectivity index (χ0) is 15.1. The SMILES string of the molecule is Cc1nc2ccc(Cl)cc2c(=O)n1-c1ccc(Cl)c(Cl)c1. The van der Waals surface area contributed by atoms with E-state index in [9.17, 15) is 4.79 Å². The Morgan fingerprint density at radius 2 is 1.76 bits per heavy atom. The van der Waals surface area contributed by atoms with Gasteiger partial charge in [-0.15, -0.1) is 0 Å². The minimum absolute atomic E-state index is 0.196. The first-order valence-electron chi connectivity index (χ1n) is 6.12. The zero-order valence-corrected chi connectivity index (χ0v) is 13.2. The first-order chi connectivity index (χ1) is 9.97. The Kier molecular flexibility index (Phi) is 3.66. The van der Waals surface area contributed by atoms with Gasteiger partial charge in [-0.25, -0.2) is 4.98 Å². The van der Waals surface area contributed by atoms with Crippen molar-refractivity contribution in [3.8, 4) is 5.69 Å². The summed E-state index contributed by atoms with van der Waals surface area (Å²) in [6.07, 6.45) is 0. The molecule has 0 atom stereocenters. The molecule has 106 valence electrons. The van der Waals surface area contributed by atoms with Crippen molar-refractivity contribution in [1.29, 1.82) is 0 Å². The van der Waals surface area contributed by atoms with Crippen molar-refractivity contribution in [1.82, 2.24) is 9.55 Å². The third kappa shape index (κ3) is 2.53. The molecule has 2 aromatic carbocycles. The molecule has 0 saturated heterocycles. The second-order valence-electron chi connectivity index (χ2n) is 4.56. The van der Waals surface area contributed by atoms with Crippen molar-refractivity contribution < 1.29 is 0 Å². The molecule has 0 fully saturated rings. The molecule has 3 nitrogen and oxygen atoms in total. The topological polar surface area (TPSA) is 34.9 Å². The van der Waals surface area contributed by atoms with Crippen LogP contribution in [0.4, 0.5) is 0 Å². The van der Waals surface area contributed by atoms with E-state index >= 15 is 0 Å². The normalized spacial score (nSPS) is 11.0. The van der Waals surface area contributed by atoms with Gasteiger partial charge in [0.05, 0.1) is 26.6 Å². The Morgan fingerprint density at radius 3 is 2.48 bits per heavy atom. The lowest BCUT2D eigenvalue weighted by atomic mass is 10.2. The van der Waals surface area contributed by atoms with Gasteiger partial charge >= 0.3 is 0 Å². The summed E-state index contributed by atoms with van der Waals surface area (Å²) in [6, 6.07) is 10.1. The summed E-state index contributed by atoms with van der Waals surface area (Å²) >= 11 is 17.9. The van der Waals surface area contributed by atoms with E-state index in [0.29, 0.717) is 37.5 Å². The molecule has 0 aliphatic heterocycles. The average Bonchev–Trinajstić information content (AvgIpc) is 2.44. The monoisotopic (exact) mass is 338 g/mol. The van der Waals surface area contributed by atoms with Crippen LogP contribution < -0.4 is 5.56 Å². The lowest BCUT2D eigenvalue weighted by Gasteiger charge is -2.11. The quantitative estimate of drug-likeness (QED) is 0.646. The highest BCUT2D eigenvalue weighted by Gasteiger charge is 2.11. The maximum atomic E-state index is 12.7. The zero-order valence-electron chi connectivity index (χ0n) is 10.9. The van der Waals surface area contributed by atoms with Crippen LogP contribution in [0.1, 0.15) is 5.82 Å². The van der Waals surface area contributed by atoms with Gasteiger partial charge in [-0.2, -0.15) is 0 Å². The van der Waals surface area contributed by atoms with Crippen molar-refractivity contribution in [2.24, 2.45) is 0 Å². The van der Waals surface area contributed by atoms with Gasteiger partial charge in [0.2, 0.25) is 0 Å². The van der Waals surface area contributed by atoms with Gasteiger partial charge in [-0.3, -0.25) is 9.36 Å². The number of halogens is 3. The molecule has 0 aliphatic rings. The van der Waals surface area contributed by atoms with E-state index in [4.69, 9.17) is 34.8 Å². The van der Waals surface area contributed by atoms with Crippen LogP contribution in [0.5, 0.6) is 0 Å². The fourth-order valence-electron chi connectivity index (χ4n) is 2.20. The summed E-state index contributed by atoms with van der Waals surface area (Å²) in [5, 5.41) is 1.76. The van der Waals surface area contributed by atoms with Gasteiger partial charge < -0.3 is 0 Å². The van der Waals surface area contributed by atoms with Crippen LogP contribution in [0, 0.1) is 6.92 Å². The van der Waals surface area contributed by atoms with Crippen molar-refractivity contribution >= 4 is 45.7 Å². The molecule has 3 aromatic rings. The molecule has 1 heterocycles. The molecule has 1 aromatic heterocycles. The first-order valence-corrected chi connectivity index (χ1v) is 7.25. The summed E-state index contributed by atoms with van der Waals surface area (Å²) in [5.74, 6) is 0.563. The Labute approximate surface area is 135 Å². The molecule has 0 spiro atoms. The average molecular weight is 340 g/mol. The summed E-state index contributed by atoms with van der Waals surface area (Å²) in [6.45, 7) is 1.76. The van der Waals surface area contributed by atoms with Crippen LogP contribution in [0.3, 0.4) is 0 Å². The lowest BCUT2D eigenvalue weighted by molar-refractivity contribution is 0.895. The molecule has 0 unspecified atom stereocenters. The number of benzene rings is 2. The van der Waals surface area contributed by atoms with Crippen LogP contribution in [-0.2, 0) is 0 Å². The lowest BCUT2D eigenvalue weighted by Crippen LogP contribution is -2.22.